The summed E-state index contributed by atoms with van der Waals surface area (Å²) in [5.74, 6) is -0.759. The highest BCUT2D eigenvalue weighted by atomic mass is 79.9. The Bertz CT molecular complexity index is 521. The summed E-state index contributed by atoms with van der Waals surface area (Å²) < 4.78 is 0.920. The number of nitrogens with zero attached hydrogens (tertiary/aromatic N) is 1. The van der Waals surface area contributed by atoms with Gasteiger partial charge in [-0.3, -0.25) is 4.79 Å². The number of carboxylic acid groups (broad SMARTS) is 1. The van der Waals surface area contributed by atoms with Crippen molar-refractivity contribution in [1.29, 1.82) is 5.26 Å². The lowest BCUT2D eigenvalue weighted by molar-refractivity contribution is -0.137. The minimum absolute atomic E-state index is 0.0375. The number of nitriles is 1. The van der Waals surface area contributed by atoms with Gasteiger partial charge in [-0.25, -0.2) is 0 Å². The maximum Gasteiger partial charge on any atom is 0.303 e. The lowest BCUT2D eigenvalue weighted by Gasteiger charge is -2.24. The zero-order chi connectivity index (χ0) is 15.2. The van der Waals surface area contributed by atoms with Gasteiger partial charge >= 0.3 is 5.97 Å². The van der Waals surface area contributed by atoms with E-state index >= 15 is 0 Å². The molecule has 0 fully saturated rings. The lowest BCUT2D eigenvalue weighted by atomic mass is 9.84. The van der Waals surface area contributed by atoms with Crippen LogP contribution in [0.25, 0.3) is 0 Å². The Balaban J connectivity index is 2.54. The summed E-state index contributed by atoms with van der Waals surface area (Å²) in [6.45, 7) is 4.82. The Morgan fingerprint density at radius 3 is 2.75 bits per heavy atom. The van der Waals surface area contributed by atoms with E-state index < -0.39 is 5.97 Å². The fourth-order valence-electron chi connectivity index (χ4n) is 1.87. The molecule has 0 amide bonds. The van der Waals surface area contributed by atoms with E-state index in [0.29, 0.717) is 18.5 Å². The van der Waals surface area contributed by atoms with Crippen LogP contribution in [0.5, 0.6) is 0 Å². The first kappa shape index (κ1) is 16.5. The molecule has 0 radical (unpaired) electrons. The number of rotatable bonds is 7. The molecule has 0 aliphatic heterocycles. The van der Waals surface area contributed by atoms with E-state index in [2.05, 4.69) is 41.2 Å². The molecular weight excluding hydrogens is 320 g/mol. The van der Waals surface area contributed by atoms with Crippen LogP contribution in [0.2, 0.25) is 0 Å². The van der Waals surface area contributed by atoms with E-state index in [0.717, 1.165) is 16.6 Å². The van der Waals surface area contributed by atoms with E-state index in [1.165, 1.54) is 0 Å². The summed E-state index contributed by atoms with van der Waals surface area (Å²) in [6, 6.07) is 7.63. The molecule has 108 valence electrons. The Hall–Kier alpha value is -1.54. The highest BCUT2D eigenvalue weighted by Crippen LogP contribution is 2.27. The van der Waals surface area contributed by atoms with E-state index in [1.54, 1.807) is 6.07 Å². The van der Waals surface area contributed by atoms with Gasteiger partial charge in [-0.05, 0) is 36.5 Å². The minimum atomic E-state index is -0.759. The van der Waals surface area contributed by atoms with Gasteiger partial charge in [0.15, 0.2) is 0 Å². The molecule has 1 aromatic rings. The van der Waals surface area contributed by atoms with Gasteiger partial charge in [0, 0.05) is 17.4 Å². The average molecular weight is 339 g/mol. The van der Waals surface area contributed by atoms with Gasteiger partial charge in [-0.1, -0.05) is 29.8 Å². The second-order valence-corrected chi connectivity index (χ2v) is 6.45. The van der Waals surface area contributed by atoms with Gasteiger partial charge in [-0.2, -0.15) is 5.26 Å². The molecule has 0 saturated heterocycles. The van der Waals surface area contributed by atoms with Crippen molar-refractivity contribution in [2.45, 2.75) is 33.1 Å². The first-order valence-corrected chi connectivity index (χ1v) is 7.29. The molecule has 2 N–H and O–H groups in total. The summed E-state index contributed by atoms with van der Waals surface area (Å²) in [6.07, 6.45) is 1.68. The van der Waals surface area contributed by atoms with Gasteiger partial charge < -0.3 is 10.4 Å². The van der Waals surface area contributed by atoms with Crippen molar-refractivity contribution in [3.63, 3.8) is 0 Å². The summed E-state index contributed by atoms with van der Waals surface area (Å²) in [4.78, 5) is 10.6. The molecule has 0 bridgehead atoms. The largest absolute Gasteiger partial charge is 0.481 e. The molecule has 4 nitrogen and oxygen atoms in total. The standard InChI is InChI=1S/C15H19BrN2O2/c1-15(2,6-5-14(19)20)7-8-18-13-9-12(16)4-3-11(13)10-17/h3-4,9,18H,5-8H2,1-2H3,(H,19,20). The fourth-order valence-corrected chi connectivity index (χ4v) is 2.23. The van der Waals surface area contributed by atoms with Crippen LogP contribution in [0.15, 0.2) is 22.7 Å². The van der Waals surface area contributed by atoms with Crippen molar-refractivity contribution in [2.24, 2.45) is 5.41 Å². The quantitative estimate of drug-likeness (QED) is 0.787. The lowest BCUT2D eigenvalue weighted by Crippen LogP contribution is -2.18. The van der Waals surface area contributed by atoms with Crippen LogP contribution in [0, 0.1) is 16.7 Å². The third-order valence-electron chi connectivity index (χ3n) is 3.23. The molecule has 0 heterocycles. The summed E-state index contributed by atoms with van der Waals surface area (Å²) >= 11 is 3.38. The van der Waals surface area contributed by atoms with Crippen molar-refractivity contribution in [3.05, 3.63) is 28.2 Å². The number of anilines is 1. The molecule has 1 rings (SSSR count). The number of benzene rings is 1. The molecule has 0 atom stereocenters. The molecule has 0 saturated carbocycles. The zero-order valence-corrected chi connectivity index (χ0v) is 13.3. The normalized spacial score (nSPS) is 10.9. The molecule has 5 heteroatoms. The van der Waals surface area contributed by atoms with E-state index in [9.17, 15) is 4.79 Å². The Kier molecular flexibility index (Phi) is 6.03. The van der Waals surface area contributed by atoms with Crippen LogP contribution in [-0.2, 0) is 4.79 Å². The number of hydrogen-bond acceptors (Lipinski definition) is 3. The van der Waals surface area contributed by atoms with Crippen LogP contribution in [-0.4, -0.2) is 17.6 Å². The van der Waals surface area contributed by atoms with E-state index in [-0.39, 0.29) is 11.8 Å². The number of halogens is 1. The third-order valence-corrected chi connectivity index (χ3v) is 3.73. The predicted octanol–water partition coefficient (Wildman–Crippen LogP) is 4.01. The molecule has 20 heavy (non-hydrogen) atoms. The molecule has 0 aliphatic carbocycles. The van der Waals surface area contributed by atoms with Crippen LogP contribution in [0.4, 0.5) is 5.69 Å². The second-order valence-electron chi connectivity index (χ2n) is 5.54. The molecule has 0 unspecified atom stereocenters. The van der Waals surface area contributed by atoms with Crippen LogP contribution >= 0.6 is 15.9 Å². The number of aliphatic carboxylic acids is 1. The molecular formula is C15H19BrN2O2. The Morgan fingerprint density at radius 2 is 2.15 bits per heavy atom. The SMILES string of the molecule is CC(C)(CCNc1cc(Br)ccc1C#N)CCC(=O)O. The first-order valence-electron chi connectivity index (χ1n) is 6.49. The number of carbonyl (C=O) groups is 1. The number of hydrogen-bond donors (Lipinski definition) is 2. The molecule has 0 aromatic heterocycles. The summed E-state index contributed by atoms with van der Waals surface area (Å²) in [7, 11) is 0. The smallest absolute Gasteiger partial charge is 0.303 e. The van der Waals surface area contributed by atoms with Gasteiger partial charge in [0.1, 0.15) is 6.07 Å². The van der Waals surface area contributed by atoms with E-state index in [4.69, 9.17) is 10.4 Å². The Labute approximate surface area is 127 Å². The highest BCUT2D eigenvalue weighted by Gasteiger charge is 2.18. The van der Waals surface area contributed by atoms with Gasteiger partial charge in [0.25, 0.3) is 0 Å². The number of nitrogens with one attached hydrogen (secondary N) is 1. The van der Waals surface area contributed by atoms with Gasteiger partial charge in [0.2, 0.25) is 0 Å². The predicted molar refractivity (Wildman–Crippen MR) is 82.6 cm³/mol. The van der Waals surface area contributed by atoms with Gasteiger partial charge in [-0.15, -0.1) is 0 Å². The summed E-state index contributed by atoms with van der Waals surface area (Å²) in [5, 5.41) is 21.0. The van der Waals surface area contributed by atoms with Crippen molar-refractivity contribution >= 4 is 27.6 Å². The van der Waals surface area contributed by atoms with E-state index in [1.807, 2.05) is 12.1 Å². The van der Waals surface area contributed by atoms with Crippen molar-refractivity contribution < 1.29 is 9.90 Å². The summed E-state index contributed by atoms with van der Waals surface area (Å²) in [5.41, 5.74) is 1.37. The van der Waals surface area contributed by atoms with Crippen molar-refractivity contribution in [3.8, 4) is 6.07 Å². The van der Waals surface area contributed by atoms with Crippen LogP contribution in [0.3, 0.4) is 0 Å². The fraction of sp³-hybridized carbons (Fsp3) is 0.467. The topological polar surface area (TPSA) is 73.1 Å². The first-order chi connectivity index (χ1) is 9.34. The molecule has 0 aliphatic rings. The van der Waals surface area contributed by atoms with Crippen molar-refractivity contribution in [2.75, 3.05) is 11.9 Å². The molecule has 0 spiro atoms. The maximum absolute atomic E-state index is 10.6. The third kappa shape index (κ3) is 5.62. The van der Waals surface area contributed by atoms with Gasteiger partial charge in [0.05, 0.1) is 11.3 Å². The monoisotopic (exact) mass is 338 g/mol. The molecule has 1 aromatic carbocycles. The number of carboxylic acids is 1. The average Bonchev–Trinajstić information content (AvgIpc) is 2.37. The maximum atomic E-state index is 10.6. The van der Waals surface area contributed by atoms with Crippen molar-refractivity contribution in [1.82, 2.24) is 0 Å². The van der Waals surface area contributed by atoms with Crippen LogP contribution in [0.1, 0.15) is 38.7 Å². The highest BCUT2D eigenvalue weighted by molar-refractivity contribution is 9.10. The zero-order valence-electron chi connectivity index (χ0n) is 11.7. The Morgan fingerprint density at radius 1 is 1.45 bits per heavy atom. The second kappa shape index (κ2) is 7.30. The van der Waals surface area contributed by atoms with Crippen LogP contribution < -0.4 is 5.32 Å². The minimum Gasteiger partial charge on any atom is -0.481 e.